The highest BCUT2D eigenvalue weighted by molar-refractivity contribution is 7.66. The van der Waals surface area contributed by atoms with Crippen LogP contribution >= 0.6 is 23.5 Å². The predicted molar refractivity (Wildman–Crippen MR) is 84.8 cm³/mol. The van der Waals surface area contributed by atoms with Crippen molar-refractivity contribution in [3.8, 4) is 0 Å². The van der Waals surface area contributed by atoms with Gasteiger partial charge in [-0.25, -0.2) is 22.9 Å². The second kappa shape index (κ2) is 8.18. The SMILES string of the molecule is O=c1ncc(F)c(NC2CC(COP(=O)(O)OP(=O)(O)OP(=O)(O)O)C2)[nH]1. The Hall–Kier alpha value is -0.980. The minimum absolute atomic E-state index is 0.161. The summed E-state index contributed by atoms with van der Waals surface area (Å²) in [6.07, 6.45) is 1.41. The van der Waals surface area contributed by atoms with Crippen LogP contribution in [0, 0.1) is 11.7 Å². The van der Waals surface area contributed by atoms with E-state index in [4.69, 9.17) is 14.7 Å². The number of phosphoric acid groups is 3. The number of halogens is 1. The highest BCUT2D eigenvalue weighted by atomic mass is 31.3. The molecule has 1 saturated carbocycles. The van der Waals surface area contributed by atoms with E-state index in [9.17, 15) is 27.8 Å². The maximum Gasteiger partial charge on any atom is 0.490 e. The lowest BCUT2D eigenvalue weighted by atomic mass is 9.81. The van der Waals surface area contributed by atoms with Crippen molar-refractivity contribution in [1.29, 1.82) is 0 Å². The molecule has 0 bridgehead atoms. The molecule has 1 fully saturated rings. The number of hydrogen-bond donors (Lipinski definition) is 6. The molecular weight excluding hydrogens is 438 g/mol. The Bertz CT molecular complexity index is 881. The van der Waals surface area contributed by atoms with E-state index in [0.717, 1.165) is 6.20 Å². The van der Waals surface area contributed by atoms with Gasteiger partial charge in [-0.1, -0.05) is 0 Å². The summed E-state index contributed by atoms with van der Waals surface area (Å²) >= 11 is 0. The van der Waals surface area contributed by atoms with Crippen LogP contribution in [0.15, 0.2) is 11.0 Å². The second-order valence-corrected chi connectivity index (χ2v) is 9.90. The molecule has 0 amide bonds. The van der Waals surface area contributed by atoms with Gasteiger partial charge in [0.05, 0.1) is 12.8 Å². The third-order valence-corrected chi connectivity index (χ3v) is 7.04. The number of nitrogens with one attached hydrogen (secondary N) is 2. The minimum atomic E-state index is -5.55. The molecule has 18 heteroatoms. The van der Waals surface area contributed by atoms with Crippen LogP contribution in [0.25, 0.3) is 0 Å². The molecule has 0 aliphatic heterocycles. The molecule has 14 nitrogen and oxygen atoms in total. The van der Waals surface area contributed by atoms with Gasteiger partial charge in [-0.3, -0.25) is 9.51 Å². The molecule has 1 aromatic rings. The molecule has 0 saturated heterocycles. The number of hydrogen-bond acceptors (Lipinski definition) is 9. The van der Waals surface area contributed by atoms with Crippen molar-refractivity contribution < 1.29 is 50.8 Å². The van der Waals surface area contributed by atoms with E-state index in [-0.39, 0.29) is 17.8 Å². The zero-order valence-corrected chi connectivity index (χ0v) is 15.9. The van der Waals surface area contributed by atoms with Crippen molar-refractivity contribution in [3.05, 3.63) is 22.5 Å². The van der Waals surface area contributed by atoms with Gasteiger partial charge in [-0.2, -0.15) is 13.6 Å². The van der Waals surface area contributed by atoms with Crippen molar-refractivity contribution in [2.24, 2.45) is 5.92 Å². The van der Waals surface area contributed by atoms with Crippen LogP contribution in [-0.2, 0) is 26.8 Å². The molecule has 1 aliphatic rings. The Balaban J connectivity index is 1.79. The fourth-order valence-corrected chi connectivity index (χ4v) is 5.27. The molecule has 2 rings (SSSR count). The third-order valence-electron chi connectivity index (χ3n) is 3.24. The number of anilines is 1. The zero-order valence-electron chi connectivity index (χ0n) is 13.2. The van der Waals surface area contributed by atoms with Crippen molar-refractivity contribution >= 4 is 29.3 Å². The van der Waals surface area contributed by atoms with E-state index in [2.05, 4.69) is 28.4 Å². The molecule has 0 aromatic carbocycles. The second-order valence-electron chi connectivity index (χ2n) is 5.48. The summed E-state index contributed by atoms with van der Waals surface area (Å²) in [5.41, 5.74) is -0.748. The molecule has 27 heavy (non-hydrogen) atoms. The van der Waals surface area contributed by atoms with Crippen LogP contribution < -0.4 is 11.0 Å². The van der Waals surface area contributed by atoms with E-state index < -0.39 is 41.6 Å². The molecule has 2 unspecified atom stereocenters. The Morgan fingerprint density at radius 1 is 1.19 bits per heavy atom. The van der Waals surface area contributed by atoms with Crippen LogP contribution in [0.1, 0.15) is 12.8 Å². The summed E-state index contributed by atoms with van der Waals surface area (Å²) in [7, 11) is -16.2. The van der Waals surface area contributed by atoms with Crippen LogP contribution in [-0.4, -0.2) is 42.2 Å². The minimum Gasteiger partial charge on any atom is -0.366 e. The van der Waals surface area contributed by atoms with E-state index in [1.165, 1.54) is 0 Å². The summed E-state index contributed by atoms with van der Waals surface area (Å²) in [4.78, 5) is 51.5. The average molecular weight is 453 g/mol. The van der Waals surface area contributed by atoms with Gasteiger partial charge < -0.3 is 24.9 Å². The van der Waals surface area contributed by atoms with E-state index >= 15 is 0 Å². The van der Waals surface area contributed by atoms with Gasteiger partial charge in [0.15, 0.2) is 5.82 Å². The molecule has 1 heterocycles. The van der Waals surface area contributed by atoms with E-state index in [0.29, 0.717) is 12.8 Å². The molecule has 1 aromatic heterocycles. The first-order valence-electron chi connectivity index (χ1n) is 7.04. The van der Waals surface area contributed by atoms with E-state index in [1.54, 1.807) is 0 Å². The number of aromatic nitrogens is 2. The maximum absolute atomic E-state index is 13.4. The summed E-state index contributed by atoms with van der Waals surface area (Å²) in [5.74, 6) is -1.25. The van der Waals surface area contributed by atoms with Crippen LogP contribution in [0.2, 0.25) is 0 Å². The monoisotopic (exact) mass is 453 g/mol. The highest BCUT2D eigenvalue weighted by Crippen LogP contribution is 2.66. The average Bonchev–Trinajstić information content (AvgIpc) is 2.40. The third kappa shape index (κ3) is 7.51. The summed E-state index contributed by atoms with van der Waals surface area (Å²) in [6.45, 7) is -0.406. The number of rotatable bonds is 9. The predicted octanol–water partition coefficient (Wildman–Crippen LogP) is 0.443. The Kier molecular flexibility index (Phi) is 6.76. The molecule has 0 spiro atoms. The largest absolute Gasteiger partial charge is 0.490 e. The normalized spacial score (nSPS) is 24.5. The highest BCUT2D eigenvalue weighted by Gasteiger charge is 2.41. The van der Waals surface area contributed by atoms with Crippen molar-refractivity contribution in [1.82, 2.24) is 9.97 Å². The van der Waals surface area contributed by atoms with Gasteiger partial charge in [0.25, 0.3) is 0 Å². The Morgan fingerprint density at radius 3 is 2.41 bits per heavy atom. The molecule has 6 N–H and O–H groups in total. The molecule has 2 atom stereocenters. The van der Waals surface area contributed by atoms with Crippen molar-refractivity contribution in [2.75, 3.05) is 11.9 Å². The number of phosphoric ester groups is 1. The topological polar surface area (TPSA) is 218 Å². The first-order chi connectivity index (χ1) is 12.2. The molecule has 154 valence electrons. The quantitative estimate of drug-likeness (QED) is 0.280. The number of H-pyrrole nitrogens is 1. The van der Waals surface area contributed by atoms with Gasteiger partial charge in [-0.15, -0.1) is 0 Å². The maximum atomic E-state index is 13.4. The zero-order chi connectivity index (χ0) is 20.5. The van der Waals surface area contributed by atoms with Gasteiger partial charge in [0.1, 0.15) is 5.82 Å². The van der Waals surface area contributed by atoms with Crippen LogP contribution in [0.5, 0.6) is 0 Å². The molecule has 0 radical (unpaired) electrons. The number of nitrogens with zero attached hydrogens (tertiary/aromatic N) is 1. The van der Waals surface area contributed by atoms with Crippen molar-refractivity contribution in [2.45, 2.75) is 18.9 Å². The van der Waals surface area contributed by atoms with Crippen LogP contribution in [0.3, 0.4) is 0 Å². The lowest BCUT2D eigenvalue weighted by Crippen LogP contribution is -2.38. The number of aromatic amines is 1. The van der Waals surface area contributed by atoms with E-state index in [1.807, 2.05) is 0 Å². The first-order valence-corrected chi connectivity index (χ1v) is 11.6. The Labute approximate surface area is 150 Å². The standard InChI is InChI=1S/C9H15FN3O11P3/c10-7-3-11-9(14)13-8(7)12-6-1-5(2-6)4-22-26(18,19)24-27(20,21)23-25(15,16)17/h3,5-6H,1-2,4H2,(H,18,19)(H,20,21)(H2,15,16,17)(H2,11,12,13,14). The van der Waals surface area contributed by atoms with Crippen LogP contribution in [0.4, 0.5) is 10.2 Å². The van der Waals surface area contributed by atoms with Gasteiger partial charge in [0.2, 0.25) is 0 Å². The smallest absolute Gasteiger partial charge is 0.366 e. The Morgan fingerprint density at radius 2 is 1.81 bits per heavy atom. The fourth-order valence-electron chi connectivity index (χ4n) is 2.18. The summed E-state index contributed by atoms with van der Waals surface area (Å²) < 4.78 is 58.3. The van der Waals surface area contributed by atoms with Gasteiger partial charge >= 0.3 is 29.2 Å². The lowest BCUT2D eigenvalue weighted by Gasteiger charge is -2.36. The lowest BCUT2D eigenvalue weighted by molar-refractivity contribution is 0.120. The van der Waals surface area contributed by atoms with Gasteiger partial charge in [-0.05, 0) is 18.8 Å². The summed E-state index contributed by atoms with van der Waals surface area (Å²) in [6, 6.07) is -0.285. The molecule has 1 aliphatic carbocycles. The first kappa shape index (κ1) is 22.3. The van der Waals surface area contributed by atoms with Crippen molar-refractivity contribution in [3.63, 3.8) is 0 Å². The summed E-state index contributed by atoms with van der Waals surface area (Å²) in [5, 5.41) is 2.70. The van der Waals surface area contributed by atoms with Gasteiger partial charge in [0, 0.05) is 6.04 Å². The fraction of sp³-hybridized carbons (Fsp3) is 0.556. The molecular formula is C9H15FN3O11P3.